The van der Waals surface area contributed by atoms with Gasteiger partial charge in [-0.05, 0) is 44.4 Å². The van der Waals surface area contributed by atoms with Gasteiger partial charge in [0.1, 0.15) is 5.82 Å². The van der Waals surface area contributed by atoms with E-state index in [0.717, 1.165) is 56.8 Å². The van der Waals surface area contributed by atoms with Gasteiger partial charge in [0.05, 0.1) is 11.9 Å². The molecule has 23 heavy (non-hydrogen) atoms. The van der Waals surface area contributed by atoms with Crippen molar-refractivity contribution in [3.63, 3.8) is 0 Å². The summed E-state index contributed by atoms with van der Waals surface area (Å²) in [7, 11) is 0. The van der Waals surface area contributed by atoms with Gasteiger partial charge in [0.15, 0.2) is 0 Å². The molecule has 1 saturated heterocycles. The molecule has 1 aliphatic heterocycles. The van der Waals surface area contributed by atoms with Crippen molar-refractivity contribution >= 4 is 42.2 Å². The maximum Gasteiger partial charge on any atom is 0.224 e. The van der Waals surface area contributed by atoms with Gasteiger partial charge in [-0.15, -0.1) is 24.8 Å². The highest BCUT2D eigenvalue weighted by Crippen LogP contribution is 2.19. The van der Waals surface area contributed by atoms with Gasteiger partial charge in [0.25, 0.3) is 0 Å². The van der Waals surface area contributed by atoms with Crippen LogP contribution in [0, 0.1) is 0 Å². The Bertz CT molecular complexity index is 436. The molecular weight excluding hydrogens is 335 g/mol. The molecule has 2 rings (SSSR count). The predicted molar refractivity (Wildman–Crippen MR) is 101 cm³/mol. The summed E-state index contributed by atoms with van der Waals surface area (Å²) >= 11 is 0. The van der Waals surface area contributed by atoms with Crippen LogP contribution in [0.25, 0.3) is 0 Å². The van der Waals surface area contributed by atoms with E-state index >= 15 is 0 Å². The number of pyridine rings is 1. The van der Waals surface area contributed by atoms with Crippen molar-refractivity contribution in [2.24, 2.45) is 5.73 Å². The number of halogens is 2. The minimum Gasteiger partial charge on any atom is -0.357 e. The largest absolute Gasteiger partial charge is 0.357 e. The Hall–Kier alpha value is -1.04. The van der Waals surface area contributed by atoms with Crippen molar-refractivity contribution in [2.75, 3.05) is 29.9 Å². The van der Waals surface area contributed by atoms with Crippen LogP contribution in [0.15, 0.2) is 18.3 Å². The third kappa shape index (κ3) is 7.86. The maximum atomic E-state index is 11.8. The number of carbonyl (C=O) groups is 1. The monoisotopic (exact) mass is 362 g/mol. The summed E-state index contributed by atoms with van der Waals surface area (Å²) in [5.74, 6) is 1.07. The van der Waals surface area contributed by atoms with Crippen molar-refractivity contribution in [1.29, 1.82) is 0 Å². The SMILES string of the molecule is Cl.Cl.NCCCCCCC(=O)Nc1ccc(N2CCCC2)nc1. The Morgan fingerprint density at radius 2 is 1.83 bits per heavy atom. The molecule has 0 saturated carbocycles. The fraction of sp³-hybridized carbons (Fsp3) is 0.625. The Labute approximate surface area is 151 Å². The normalized spacial score (nSPS) is 13.2. The van der Waals surface area contributed by atoms with E-state index in [4.69, 9.17) is 5.73 Å². The lowest BCUT2D eigenvalue weighted by molar-refractivity contribution is -0.116. The van der Waals surface area contributed by atoms with Crippen LogP contribution in [-0.4, -0.2) is 30.5 Å². The zero-order valence-corrected chi connectivity index (χ0v) is 15.1. The summed E-state index contributed by atoms with van der Waals surface area (Å²) in [5.41, 5.74) is 6.22. The quantitative estimate of drug-likeness (QED) is 0.695. The van der Waals surface area contributed by atoms with Gasteiger partial charge in [-0.25, -0.2) is 4.98 Å². The summed E-state index contributed by atoms with van der Waals surface area (Å²) in [5, 5.41) is 2.91. The number of nitrogens with one attached hydrogen (secondary N) is 1. The molecule has 1 aromatic rings. The molecule has 1 amide bonds. The number of nitrogens with two attached hydrogens (primary N) is 1. The second-order valence-electron chi connectivity index (χ2n) is 5.60. The van der Waals surface area contributed by atoms with E-state index in [9.17, 15) is 4.79 Å². The van der Waals surface area contributed by atoms with Gasteiger partial charge in [-0.2, -0.15) is 0 Å². The second-order valence-corrected chi connectivity index (χ2v) is 5.60. The van der Waals surface area contributed by atoms with E-state index in [1.165, 1.54) is 12.8 Å². The topological polar surface area (TPSA) is 71.2 Å². The lowest BCUT2D eigenvalue weighted by Crippen LogP contribution is -2.19. The smallest absolute Gasteiger partial charge is 0.224 e. The average molecular weight is 363 g/mol. The van der Waals surface area contributed by atoms with Gasteiger partial charge in [-0.1, -0.05) is 12.8 Å². The molecular formula is C16H28Cl2N4O. The molecule has 2 heterocycles. The van der Waals surface area contributed by atoms with Crippen LogP contribution >= 0.6 is 24.8 Å². The first-order chi connectivity index (χ1) is 10.3. The lowest BCUT2D eigenvalue weighted by Gasteiger charge is -2.16. The number of hydrogen-bond donors (Lipinski definition) is 2. The van der Waals surface area contributed by atoms with Crippen LogP contribution in [0.4, 0.5) is 11.5 Å². The van der Waals surface area contributed by atoms with Crippen molar-refractivity contribution in [2.45, 2.75) is 44.9 Å². The van der Waals surface area contributed by atoms with E-state index in [2.05, 4.69) is 15.2 Å². The number of amides is 1. The molecule has 0 aliphatic carbocycles. The highest BCUT2D eigenvalue weighted by Gasteiger charge is 2.13. The first-order valence-corrected chi connectivity index (χ1v) is 8.00. The lowest BCUT2D eigenvalue weighted by atomic mass is 10.1. The molecule has 1 aliphatic rings. The fourth-order valence-corrected chi connectivity index (χ4v) is 2.60. The third-order valence-electron chi connectivity index (χ3n) is 3.82. The van der Waals surface area contributed by atoms with Crippen molar-refractivity contribution in [1.82, 2.24) is 4.98 Å². The zero-order valence-electron chi connectivity index (χ0n) is 13.5. The molecule has 132 valence electrons. The number of anilines is 2. The Morgan fingerprint density at radius 1 is 1.13 bits per heavy atom. The molecule has 0 aromatic carbocycles. The maximum absolute atomic E-state index is 11.8. The highest BCUT2D eigenvalue weighted by molar-refractivity contribution is 5.90. The van der Waals surface area contributed by atoms with E-state index in [1.54, 1.807) is 6.20 Å². The van der Waals surface area contributed by atoms with Gasteiger partial charge >= 0.3 is 0 Å². The van der Waals surface area contributed by atoms with E-state index in [1.807, 2.05) is 12.1 Å². The van der Waals surface area contributed by atoms with Crippen LogP contribution < -0.4 is 16.0 Å². The van der Waals surface area contributed by atoms with Gasteiger partial charge in [0, 0.05) is 19.5 Å². The van der Waals surface area contributed by atoms with Gasteiger partial charge in [0.2, 0.25) is 5.91 Å². The Balaban J connectivity index is 0.00000242. The van der Waals surface area contributed by atoms with Crippen LogP contribution in [0.5, 0.6) is 0 Å². The minimum atomic E-state index is 0. The first-order valence-electron chi connectivity index (χ1n) is 8.00. The standard InChI is InChI=1S/C16H26N4O.2ClH/c17-10-4-2-1-3-7-16(21)19-14-8-9-15(18-13-14)20-11-5-6-12-20;;/h8-9,13H,1-7,10-12,17H2,(H,19,21);2*1H. The summed E-state index contributed by atoms with van der Waals surface area (Å²) in [6.07, 6.45) is 8.94. The fourth-order valence-electron chi connectivity index (χ4n) is 2.60. The Kier molecular flexibility index (Phi) is 11.8. The molecule has 7 heteroatoms. The number of rotatable bonds is 8. The molecule has 0 bridgehead atoms. The molecule has 1 aromatic heterocycles. The summed E-state index contributed by atoms with van der Waals surface area (Å²) in [6, 6.07) is 3.93. The summed E-state index contributed by atoms with van der Waals surface area (Å²) < 4.78 is 0. The third-order valence-corrected chi connectivity index (χ3v) is 3.82. The van der Waals surface area contributed by atoms with E-state index in [0.29, 0.717) is 6.42 Å². The van der Waals surface area contributed by atoms with Crippen molar-refractivity contribution in [3.05, 3.63) is 18.3 Å². The average Bonchev–Trinajstić information content (AvgIpc) is 3.02. The molecule has 0 atom stereocenters. The molecule has 0 spiro atoms. The highest BCUT2D eigenvalue weighted by atomic mass is 35.5. The molecule has 3 N–H and O–H groups in total. The number of aromatic nitrogens is 1. The molecule has 0 radical (unpaired) electrons. The van der Waals surface area contributed by atoms with Gasteiger partial charge < -0.3 is 16.0 Å². The number of hydrogen-bond acceptors (Lipinski definition) is 4. The second kappa shape index (κ2) is 12.4. The minimum absolute atomic E-state index is 0. The van der Waals surface area contributed by atoms with Crippen molar-refractivity contribution < 1.29 is 4.79 Å². The van der Waals surface area contributed by atoms with Crippen LogP contribution in [0.2, 0.25) is 0 Å². The number of unbranched alkanes of at least 4 members (excludes halogenated alkanes) is 3. The van der Waals surface area contributed by atoms with Crippen LogP contribution in [-0.2, 0) is 4.79 Å². The summed E-state index contributed by atoms with van der Waals surface area (Å²) in [6.45, 7) is 2.91. The summed E-state index contributed by atoms with van der Waals surface area (Å²) in [4.78, 5) is 18.5. The molecule has 0 unspecified atom stereocenters. The molecule has 1 fully saturated rings. The first kappa shape index (κ1) is 22.0. The number of carbonyl (C=O) groups excluding carboxylic acids is 1. The van der Waals surface area contributed by atoms with E-state index < -0.39 is 0 Å². The van der Waals surface area contributed by atoms with Crippen LogP contribution in [0.1, 0.15) is 44.9 Å². The molecule has 5 nitrogen and oxygen atoms in total. The predicted octanol–water partition coefficient (Wildman–Crippen LogP) is 3.37. The van der Waals surface area contributed by atoms with Crippen molar-refractivity contribution in [3.8, 4) is 0 Å². The van der Waals surface area contributed by atoms with E-state index in [-0.39, 0.29) is 30.7 Å². The Morgan fingerprint density at radius 3 is 2.43 bits per heavy atom. The van der Waals surface area contributed by atoms with Gasteiger partial charge in [-0.3, -0.25) is 4.79 Å². The zero-order chi connectivity index (χ0) is 14.9. The van der Waals surface area contributed by atoms with Crippen LogP contribution in [0.3, 0.4) is 0 Å². The number of nitrogens with zero attached hydrogens (tertiary/aromatic N) is 2.